The molecule has 4 nitrogen and oxygen atoms in total. The van der Waals surface area contributed by atoms with E-state index in [1.807, 2.05) is 30.3 Å². The zero-order valence-corrected chi connectivity index (χ0v) is 13.5. The zero-order valence-electron chi connectivity index (χ0n) is 12.7. The number of sulfone groups is 1. The van der Waals surface area contributed by atoms with E-state index < -0.39 is 15.7 Å². The lowest BCUT2D eigenvalue weighted by Gasteiger charge is -2.18. The molecule has 1 atom stereocenters. The molecule has 0 saturated carbocycles. The third-order valence-corrected chi connectivity index (χ3v) is 4.31. The summed E-state index contributed by atoms with van der Waals surface area (Å²) < 4.78 is 36.6. The smallest absolute Gasteiger partial charge is 0.149 e. The normalized spacial score (nSPS) is 12.6. The minimum absolute atomic E-state index is 0.0244. The highest BCUT2D eigenvalue weighted by Crippen LogP contribution is 2.16. The van der Waals surface area contributed by atoms with Gasteiger partial charge in [-0.25, -0.2) is 12.8 Å². The van der Waals surface area contributed by atoms with E-state index in [-0.39, 0.29) is 17.4 Å². The van der Waals surface area contributed by atoms with Gasteiger partial charge in [-0.05, 0) is 23.3 Å². The van der Waals surface area contributed by atoms with Crippen LogP contribution in [-0.4, -0.2) is 20.4 Å². The monoisotopic (exact) mass is 332 g/mol. The van der Waals surface area contributed by atoms with Crippen molar-refractivity contribution in [2.24, 2.45) is 0 Å². The summed E-state index contributed by atoms with van der Waals surface area (Å²) in [7, 11) is -3.17. The molecular weight excluding hydrogens is 315 g/mol. The molecule has 0 bridgehead atoms. The number of rotatable bonds is 6. The van der Waals surface area contributed by atoms with E-state index in [2.05, 4.69) is 5.32 Å². The van der Waals surface area contributed by atoms with Gasteiger partial charge in [-0.3, -0.25) is 0 Å². The maximum absolute atomic E-state index is 13.3. The number of benzene rings is 2. The molecule has 120 valence electrons. The topological polar surface area (TPSA) is 70.0 Å². The second kappa shape index (κ2) is 7.36. The summed E-state index contributed by atoms with van der Waals surface area (Å²) in [6.07, 6.45) is 1.19. The van der Waals surface area contributed by atoms with Crippen LogP contribution in [0.5, 0.6) is 0 Å². The molecule has 0 heterocycles. The van der Waals surface area contributed by atoms with Gasteiger partial charge in [0.15, 0.2) is 0 Å². The predicted octanol–water partition coefficient (Wildman–Crippen LogP) is 2.57. The molecule has 1 N–H and O–H groups in total. The number of hydrogen-bond acceptors (Lipinski definition) is 4. The van der Waals surface area contributed by atoms with E-state index >= 15 is 0 Å². The van der Waals surface area contributed by atoms with Gasteiger partial charge in [0.1, 0.15) is 21.7 Å². The van der Waals surface area contributed by atoms with Crippen LogP contribution in [0.1, 0.15) is 22.7 Å². The van der Waals surface area contributed by atoms with Gasteiger partial charge in [0.25, 0.3) is 0 Å². The molecule has 0 aliphatic carbocycles. The van der Waals surface area contributed by atoms with Crippen LogP contribution in [0.15, 0.2) is 48.5 Å². The summed E-state index contributed by atoms with van der Waals surface area (Å²) >= 11 is 0. The van der Waals surface area contributed by atoms with Crippen molar-refractivity contribution in [1.82, 2.24) is 5.32 Å². The third kappa shape index (κ3) is 5.16. The van der Waals surface area contributed by atoms with Gasteiger partial charge in [0, 0.05) is 18.8 Å². The SMILES string of the molecule is CS(=O)(=O)C[C@@H](NCc1ccc(F)c(C#N)c1)c1ccccc1. The van der Waals surface area contributed by atoms with Crippen LogP contribution in [0, 0.1) is 17.1 Å². The molecule has 0 aromatic heterocycles. The second-order valence-corrected chi connectivity index (χ2v) is 7.55. The first-order valence-corrected chi connectivity index (χ1v) is 9.09. The fourth-order valence-corrected chi connectivity index (χ4v) is 3.19. The van der Waals surface area contributed by atoms with E-state index in [4.69, 9.17) is 5.26 Å². The van der Waals surface area contributed by atoms with Gasteiger partial charge in [-0.2, -0.15) is 5.26 Å². The average Bonchev–Trinajstić information content (AvgIpc) is 2.52. The van der Waals surface area contributed by atoms with Gasteiger partial charge in [0.05, 0.1) is 11.3 Å². The largest absolute Gasteiger partial charge is 0.305 e. The van der Waals surface area contributed by atoms with Crippen molar-refractivity contribution in [3.63, 3.8) is 0 Å². The van der Waals surface area contributed by atoms with E-state index in [1.54, 1.807) is 12.1 Å². The number of nitrogens with one attached hydrogen (secondary N) is 1. The summed E-state index contributed by atoms with van der Waals surface area (Å²) in [5.41, 5.74) is 1.56. The van der Waals surface area contributed by atoms with E-state index in [9.17, 15) is 12.8 Å². The molecule has 2 aromatic rings. The summed E-state index contributed by atoms with van der Waals surface area (Å²) in [6.45, 7) is 0.337. The second-order valence-electron chi connectivity index (χ2n) is 5.36. The first kappa shape index (κ1) is 17.1. The van der Waals surface area contributed by atoms with Crippen LogP contribution in [0.2, 0.25) is 0 Å². The van der Waals surface area contributed by atoms with Crippen molar-refractivity contribution in [1.29, 1.82) is 5.26 Å². The van der Waals surface area contributed by atoms with Crippen LogP contribution in [0.4, 0.5) is 4.39 Å². The van der Waals surface area contributed by atoms with E-state index in [0.29, 0.717) is 6.54 Å². The zero-order chi connectivity index (χ0) is 16.9. The quantitative estimate of drug-likeness (QED) is 0.883. The minimum atomic E-state index is -3.17. The molecule has 0 radical (unpaired) electrons. The van der Waals surface area contributed by atoms with Crippen LogP contribution in [0.3, 0.4) is 0 Å². The molecule has 2 aromatic carbocycles. The van der Waals surface area contributed by atoms with E-state index in [0.717, 1.165) is 11.1 Å². The molecule has 0 fully saturated rings. The molecule has 0 aliphatic rings. The van der Waals surface area contributed by atoms with Crippen LogP contribution < -0.4 is 5.32 Å². The molecular formula is C17H17FN2O2S. The van der Waals surface area contributed by atoms with Crippen molar-refractivity contribution in [2.45, 2.75) is 12.6 Å². The molecule has 0 aliphatic heterocycles. The Morgan fingerprint density at radius 1 is 1.22 bits per heavy atom. The Bertz CT molecular complexity index is 814. The molecule has 2 rings (SSSR count). The number of nitrogens with zero attached hydrogens (tertiary/aromatic N) is 1. The summed E-state index contributed by atoms with van der Waals surface area (Å²) in [5.74, 6) is -0.601. The van der Waals surface area contributed by atoms with Gasteiger partial charge in [-0.1, -0.05) is 36.4 Å². The Hall–Kier alpha value is -2.23. The Labute approximate surface area is 135 Å². The lowest BCUT2D eigenvalue weighted by molar-refractivity contribution is 0.550. The summed E-state index contributed by atoms with van der Waals surface area (Å²) in [6, 6.07) is 15.0. The molecule has 0 unspecified atom stereocenters. The van der Waals surface area contributed by atoms with Gasteiger partial charge < -0.3 is 5.32 Å². The molecule has 6 heteroatoms. The van der Waals surface area contributed by atoms with Crippen molar-refractivity contribution < 1.29 is 12.8 Å². The maximum atomic E-state index is 13.3. The fraction of sp³-hybridized carbons (Fsp3) is 0.235. The molecule has 0 amide bonds. The van der Waals surface area contributed by atoms with Gasteiger partial charge >= 0.3 is 0 Å². The maximum Gasteiger partial charge on any atom is 0.149 e. The van der Waals surface area contributed by atoms with Gasteiger partial charge in [-0.15, -0.1) is 0 Å². The number of hydrogen-bond donors (Lipinski definition) is 1. The lowest BCUT2D eigenvalue weighted by Crippen LogP contribution is -2.27. The highest BCUT2D eigenvalue weighted by molar-refractivity contribution is 7.90. The third-order valence-electron chi connectivity index (χ3n) is 3.38. The first-order valence-electron chi connectivity index (χ1n) is 7.03. The van der Waals surface area contributed by atoms with Crippen LogP contribution >= 0.6 is 0 Å². The molecule has 0 spiro atoms. The lowest BCUT2D eigenvalue weighted by atomic mass is 10.1. The van der Waals surface area contributed by atoms with Crippen molar-refractivity contribution in [3.8, 4) is 6.07 Å². The fourth-order valence-electron chi connectivity index (χ4n) is 2.27. The summed E-state index contributed by atoms with van der Waals surface area (Å²) in [5, 5.41) is 12.0. The molecule has 23 heavy (non-hydrogen) atoms. The molecule has 0 saturated heterocycles. The Morgan fingerprint density at radius 3 is 2.52 bits per heavy atom. The van der Waals surface area contributed by atoms with E-state index in [1.165, 1.54) is 18.4 Å². The minimum Gasteiger partial charge on any atom is -0.305 e. The van der Waals surface area contributed by atoms with Crippen molar-refractivity contribution >= 4 is 9.84 Å². The highest BCUT2D eigenvalue weighted by atomic mass is 32.2. The van der Waals surface area contributed by atoms with Crippen molar-refractivity contribution in [2.75, 3.05) is 12.0 Å². The summed E-state index contributed by atoms with van der Waals surface area (Å²) in [4.78, 5) is 0. The first-order chi connectivity index (χ1) is 10.9. The Morgan fingerprint density at radius 2 is 1.91 bits per heavy atom. The Balaban J connectivity index is 2.17. The highest BCUT2D eigenvalue weighted by Gasteiger charge is 2.17. The number of nitriles is 1. The number of halogens is 1. The Kier molecular flexibility index (Phi) is 5.48. The van der Waals surface area contributed by atoms with Crippen LogP contribution in [0.25, 0.3) is 0 Å². The van der Waals surface area contributed by atoms with Crippen LogP contribution in [-0.2, 0) is 16.4 Å². The predicted molar refractivity (Wildman–Crippen MR) is 86.8 cm³/mol. The standard InChI is InChI=1S/C17H17FN2O2S/c1-23(21,22)12-17(14-5-3-2-4-6-14)20-11-13-7-8-16(18)15(9-13)10-19/h2-9,17,20H,11-12H2,1H3/t17-/m1/s1. The van der Waals surface area contributed by atoms with Crippen molar-refractivity contribution in [3.05, 3.63) is 71.0 Å². The van der Waals surface area contributed by atoms with Gasteiger partial charge in [0.2, 0.25) is 0 Å². The average molecular weight is 332 g/mol.